The lowest BCUT2D eigenvalue weighted by Gasteiger charge is -2.36. The van der Waals surface area contributed by atoms with Gasteiger partial charge in [-0.15, -0.1) is 0 Å². The summed E-state index contributed by atoms with van der Waals surface area (Å²) in [6.45, 7) is 8.77. The van der Waals surface area contributed by atoms with Gasteiger partial charge in [-0.1, -0.05) is 41.6 Å². The van der Waals surface area contributed by atoms with Gasteiger partial charge in [0.25, 0.3) is 0 Å². The van der Waals surface area contributed by atoms with Gasteiger partial charge in [-0.3, -0.25) is 4.79 Å². The number of ether oxygens (including phenoxy) is 2. The fourth-order valence-corrected chi connectivity index (χ4v) is 5.52. The molecule has 2 heterocycles. The van der Waals surface area contributed by atoms with E-state index in [9.17, 15) is 9.59 Å². The number of benzene rings is 2. The van der Waals surface area contributed by atoms with Gasteiger partial charge < -0.3 is 24.6 Å². The van der Waals surface area contributed by atoms with Crippen LogP contribution in [0.25, 0.3) is 0 Å². The number of hydrogen-bond acceptors (Lipinski definition) is 6. The van der Waals surface area contributed by atoms with Crippen molar-refractivity contribution in [3.63, 3.8) is 0 Å². The minimum absolute atomic E-state index is 0.00323. The highest BCUT2D eigenvalue weighted by Gasteiger charge is 2.24. The maximum atomic E-state index is 12.5. The minimum Gasteiger partial charge on any atom is -0.448 e. The van der Waals surface area contributed by atoms with Crippen molar-refractivity contribution in [1.82, 2.24) is 10.2 Å². The van der Waals surface area contributed by atoms with E-state index in [-0.39, 0.29) is 24.5 Å². The number of piperazine rings is 1. The van der Waals surface area contributed by atoms with Gasteiger partial charge in [0, 0.05) is 55.1 Å². The molecule has 2 aromatic rings. The molecule has 0 unspecified atom stereocenters. The van der Waals surface area contributed by atoms with Crippen molar-refractivity contribution in [1.29, 1.82) is 0 Å². The van der Waals surface area contributed by atoms with E-state index in [1.54, 1.807) is 16.7 Å². The molecular formula is C27H35N3O4S. The van der Waals surface area contributed by atoms with E-state index in [4.69, 9.17) is 9.47 Å². The molecule has 188 valence electrons. The van der Waals surface area contributed by atoms with Crippen LogP contribution in [0.5, 0.6) is 0 Å². The van der Waals surface area contributed by atoms with Crippen LogP contribution in [0.1, 0.15) is 24.0 Å². The summed E-state index contributed by atoms with van der Waals surface area (Å²) in [7, 11) is 0. The summed E-state index contributed by atoms with van der Waals surface area (Å²) in [6.07, 6.45) is 1.19. The molecule has 0 atom stereocenters. The summed E-state index contributed by atoms with van der Waals surface area (Å²) < 4.78 is 10.7. The number of para-hydroxylation sites is 1. The number of aryl methyl sites for hydroxylation is 2. The normalized spacial score (nSPS) is 16.7. The van der Waals surface area contributed by atoms with E-state index >= 15 is 0 Å². The Morgan fingerprint density at radius 1 is 1.03 bits per heavy atom. The highest BCUT2D eigenvalue weighted by atomic mass is 32.2. The van der Waals surface area contributed by atoms with Gasteiger partial charge in [-0.05, 0) is 50.5 Å². The van der Waals surface area contributed by atoms with Crippen molar-refractivity contribution in [2.24, 2.45) is 5.92 Å². The molecule has 7 nitrogen and oxygen atoms in total. The predicted octanol–water partition coefficient (Wildman–Crippen LogP) is 4.26. The number of anilines is 1. The van der Waals surface area contributed by atoms with E-state index in [1.807, 2.05) is 0 Å². The third-order valence-corrected chi connectivity index (χ3v) is 7.76. The quantitative estimate of drug-likeness (QED) is 0.577. The Bertz CT molecular complexity index is 1020. The first-order valence-electron chi connectivity index (χ1n) is 12.4. The van der Waals surface area contributed by atoms with Gasteiger partial charge in [0.05, 0.1) is 12.2 Å². The molecule has 2 fully saturated rings. The summed E-state index contributed by atoms with van der Waals surface area (Å²) >= 11 is 1.79. The molecular weight excluding hydrogens is 462 g/mol. The average Bonchev–Trinajstić information content (AvgIpc) is 2.89. The van der Waals surface area contributed by atoms with Crippen LogP contribution in [0.4, 0.5) is 10.5 Å². The van der Waals surface area contributed by atoms with Gasteiger partial charge in [0.2, 0.25) is 5.91 Å². The lowest BCUT2D eigenvalue weighted by Crippen LogP contribution is -2.49. The highest BCUT2D eigenvalue weighted by molar-refractivity contribution is 7.99. The Morgan fingerprint density at radius 2 is 1.77 bits per heavy atom. The highest BCUT2D eigenvalue weighted by Crippen LogP contribution is 2.37. The smallest absolute Gasteiger partial charge is 0.409 e. The molecule has 2 saturated heterocycles. The molecule has 2 aromatic carbocycles. The molecule has 0 radical (unpaired) electrons. The fraction of sp³-hybridized carbons (Fsp3) is 0.481. The minimum atomic E-state index is -0.317. The van der Waals surface area contributed by atoms with E-state index in [1.165, 1.54) is 26.6 Å². The van der Waals surface area contributed by atoms with Crippen molar-refractivity contribution in [2.75, 3.05) is 57.4 Å². The van der Waals surface area contributed by atoms with E-state index < -0.39 is 0 Å². The second-order valence-electron chi connectivity index (χ2n) is 9.10. The zero-order valence-electron chi connectivity index (χ0n) is 20.6. The lowest BCUT2D eigenvalue weighted by atomic mass is 9.99. The molecule has 0 aromatic heterocycles. The Labute approximate surface area is 212 Å². The number of hydrogen-bond donors (Lipinski definition) is 1. The largest absolute Gasteiger partial charge is 0.448 e. The molecule has 4 rings (SSSR count). The van der Waals surface area contributed by atoms with Crippen LogP contribution in [-0.2, 0) is 14.3 Å². The van der Waals surface area contributed by atoms with Crippen LogP contribution < -0.4 is 10.2 Å². The Balaban J connectivity index is 1.23. The molecule has 2 aliphatic rings. The van der Waals surface area contributed by atoms with E-state index in [2.05, 4.69) is 66.5 Å². The number of nitrogens with one attached hydrogen (secondary N) is 1. The first kappa shape index (κ1) is 25.4. The van der Waals surface area contributed by atoms with Gasteiger partial charge in [0.1, 0.15) is 6.61 Å². The summed E-state index contributed by atoms with van der Waals surface area (Å²) in [5, 5.41) is 2.87. The van der Waals surface area contributed by atoms with Crippen molar-refractivity contribution >= 4 is 29.4 Å². The molecule has 35 heavy (non-hydrogen) atoms. The van der Waals surface area contributed by atoms with Gasteiger partial charge in [0.15, 0.2) is 0 Å². The number of nitrogens with zero attached hydrogens (tertiary/aromatic N) is 2. The zero-order chi connectivity index (χ0) is 24.6. The Kier molecular flexibility index (Phi) is 8.93. The maximum absolute atomic E-state index is 12.5. The summed E-state index contributed by atoms with van der Waals surface area (Å²) in [5.74, 6) is 0.0267. The topological polar surface area (TPSA) is 71.1 Å². The summed E-state index contributed by atoms with van der Waals surface area (Å²) in [4.78, 5) is 31.2. The van der Waals surface area contributed by atoms with Crippen molar-refractivity contribution in [2.45, 2.75) is 36.5 Å². The summed E-state index contributed by atoms with van der Waals surface area (Å²) in [5.41, 5.74) is 3.74. The Hall–Kier alpha value is -2.71. The number of carbonyl (C=O) groups is 2. The predicted molar refractivity (Wildman–Crippen MR) is 138 cm³/mol. The Morgan fingerprint density at radius 3 is 2.51 bits per heavy atom. The number of carbonyl (C=O) groups excluding carboxylic acids is 2. The van der Waals surface area contributed by atoms with Crippen LogP contribution in [0, 0.1) is 19.8 Å². The first-order chi connectivity index (χ1) is 17.0. The molecule has 8 heteroatoms. The average molecular weight is 498 g/mol. The van der Waals surface area contributed by atoms with Crippen LogP contribution in [0.2, 0.25) is 0 Å². The summed E-state index contributed by atoms with van der Waals surface area (Å²) in [6, 6.07) is 15.0. The van der Waals surface area contributed by atoms with Crippen LogP contribution in [-0.4, -0.2) is 69.4 Å². The second kappa shape index (κ2) is 12.3. The molecule has 0 spiro atoms. The van der Waals surface area contributed by atoms with Crippen LogP contribution in [0.3, 0.4) is 0 Å². The van der Waals surface area contributed by atoms with E-state index in [0.717, 1.165) is 25.9 Å². The van der Waals surface area contributed by atoms with Gasteiger partial charge >= 0.3 is 6.09 Å². The maximum Gasteiger partial charge on any atom is 0.409 e. The van der Waals surface area contributed by atoms with Crippen molar-refractivity contribution < 1.29 is 19.1 Å². The van der Waals surface area contributed by atoms with Crippen LogP contribution >= 0.6 is 11.8 Å². The molecule has 0 bridgehead atoms. The standard InChI is InChI=1S/C27H35N3O4S/c1-20-7-8-24(21(2)19-20)35-25-6-4-3-5-23(25)29-12-14-30(15-13-29)27(32)34-18-11-28-26(31)22-9-16-33-17-10-22/h3-8,19,22H,9-18H2,1-2H3,(H,28,31). The zero-order valence-corrected chi connectivity index (χ0v) is 21.4. The number of rotatable bonds is 7. The number of amides is 2. The van der Waals surface area contributed by atoms with Crippen LogP contribution in [0.15, 0.2) is 52.3 Å². The van der Waals surface area contributed by atoms with E-state index in [0.29, 0.717) is 32.8 Å². The lowest BCUT2D eigenvalue weighted by molar-refractivity contribution is -0.128. The third-order valence-electron chi connectivity index (χ3n) is 6.51. The second-order valence-corrected chi connectivity index (χ2v) is 10.2. The fourth-order valence-electron chi connectivity index (χ4n) is 4.47. The molecule has 1 N–H and O–H groups in total. The first-order valence-corrected chi connectivity index (χ1v) is 13.2. The molecule has 2 amide bonds. The van der Waals surface area contributed by atoms with Crippen molar-refractivity contribution in [3.8, 4) is 0 Å². The van der Waals surface area contributed by atoms with Gasteiger partial charge in [-0.25, -0.2) is 4.79 Å². The van der Waals surface area contributed by atoms with Crippen molar-refractivity contribution in [3.05, 3.63) is 53.6 Å². The van der Waals surface area contributed by atoms with Gasteiger partial charge in [-0.2, -0.15) is 0 Å². The monoisotopic (exact) mass is 497 g/mol. The molecule has 0 aliphatic carbocycles. The SMILES string of the molecule is Cc1ccc(Sc2ccccc2N2CCN(C(=O)OCCNC(=O)C3CCOCC3)CC2)c(C)c1. The molecule has 0 saturated carbocycles. The molecule has 2 aliphatic heterocycles. The third kappa shape index (κ3) is 6.92.